The molecule has 0 saturated heterocycles. The summed E-state index contributed by atoms with van der Waals surface area (Å²) >= 11 is 0. The van der Waals surface area contributed by atoms with Crippen molar-refractivity contribution in [1.82, 2.24) is 0 Å². The molecular weight excluding hydrogens is 822 g/mol. The molecule has 10 heteroatoms. The molecule has 0 aliphatic rings. The minimum absolute atomic E-state index is 0.0269. The molecule has 0 amide bonds. The van der Waals surface area contributed by atoms with Gasteiger partial charge in [-0.3, -0.25) is 14.2 Å². The molecule has 0 rings (SSSR count). The van der Waals surface area contributed by atoms with E-state index in [0.29, 0.717) is 23.9 Å². The molecule has 9 nitrogen and oxygen atoms in total. The standard InChI is InChI=1S/C54H84NO8P/c1-6-8-10-12-14-16-18-20-22-23-24-25-26-27-28-29-30-31-33-35-37-39-41-43-45-47-54(57)63-52(51-62-64(58,59)61-49-48-55(3,4)5)50-60-53(56)46-44-42-40-38-36-34-32-21-19-17-15-13-11-9-7-2/h8-11,14-17,20-22,24-25,27-28,30-32,35-38,42,44,52H,6-7,12-13,18-19,23,26,29,33-34,39-41,43,45-51H2,1-5H3/b10-8-,11-9-,16-14-,17-15-,22-20-,25-24-,28-27-,31-30-,32-21-,37-35-,38-36-,44-42-. The van der Waals surface area contributed by atoms with E-state index in [4.69, 9.17) is 18.5 Å². The summed E-state index contributed by atoms with van der Waals surface area (Å²) in [5.41, 5.74) is 0. The van der Waals surface area contributed by atoms with Crippen LogP contribution < -0.4 is 4.89 Å². The molecule has 0 saturated carbocycles. The Hall–Kier alpha value is -4.11. The number of likely N-dealkylation sites (N-methyl/N-ethyl adjacent to an activating group) is 1. The summed E-state index contributed by atoms with van der Waals surface area (Å²) < 4.78 is 33.8. The minimum Gasteiger partial charge on any atom is -0.756 e. The molecule has 0 spiro atoms. The number of quaternary nitrogens is 1. The fourth-order valence-corrected chi connectivity index (χ4v) is 6.02. The van der Waals surface area contributed by atoms with Crippen molar-refractivity contribution in [3.05, 3.63) is 146 Å². The number of hydrogen-bond donors (Lipinski definition) is 0. The second-order valence-electron chi connectivity index (χ2n) is 16.0. The monoisotopic (exact) mass is 906 g/mol. The largest absolute Gasteiger partial charge is 0.756 e. The first-order chi connectivity index (χ1) is 31.0. The maximum absolute atomic E-state index is 12.7. The molecule has 358 valence electrons. The van der Waals surface area contributed by atoms with Crippen LogP contribution in [0.3, 0.4) is 0 Å². The van der Waals surface area contributed by atoms with Crippen LogP contribution in [0.25, 0.3) is 0 Å². The Morgan fingerprint density at radius 3 is 1.30 bits per heavy atom. The summed E-state index contributed by atoms with van der Waals surface area (Å²) in [6, 6.07) is 0. The highest BCUT2D eigenvalue weighted by Gasteiger charge is 2.21. The second-order valence-corrected chi connectivity index (χ2v) is 17.4. The van der Waals surface area contributed by atoms with Crippen molar-refractivity contribution < 1.29 is 42.1 Å². The third-order valence-corrected chi connectivity index (χ3v) is 9.85. The zero-order chi connectivity index (χ0) is 47.1. The Labute approximate surface area is 389 Å². The molecule has 0 heterocycles. The summed E-state index contributed by atoms with van der Waals surface area (Å²) in [4.78, 5) is 37.5. The first-order valence-electron chi connectivity index (χ1n) is 23.5. The third-order valence-electron chi connectivity index (χ3n) is 8.89. The third kappa shape index (κ3) is 47.4. The lowest BCUT2D eigenvalue weighted by Gasteiger charge is -2.28. The number of phosphoric ester groups is 1. The van der Waals surface area contributed by atoms with Crippen molar-refractivity contribution in [2.75, 3.05) is 47.5 Å². The average Bonchev–Trinajstić information content (AvgIpc) is 3.25. The lowest BCUT2D eigenvalue weighted by molar-refractivity contribution is -0.870. The number of carbonyl (C=O) groups is 2. The molecular formula is C54H84NO8P. The molecule has 0 radical (unpaired) electrons. The Morgan fingerprint density at radius 2 is 0.891 bits per heavy atom. The lowest BCUT2D eigenvalue weighted by atomic mass is 10.1. The molecule has 0 aliphatic heterocycles. The fourth-order valence-electron chi connectivity index (χ4n) is 5.29. The number of esters is 2. The fraction of sp³-hybridized carbons (Fsp3) is 0.519. The Balaban J connectivity index is 4.51. The van der Waals surface area contributed by atoms with Crippen molar-refractivity contribution in [2.24, 2.45) is 0 Å². The molecule has 64 heavy (non-hydrogen) atoms. The van der Waals surface area contributed by atoms with Gasteiger partial charge in [0.05, 0.1) is 34.2 Å². The number of phosphoric acid groups is 1. The highest BCUT2D eigenvalue weighted by Crippen LogP contribution is 2.38. The molecule has 0 fully saturated rings. The van der Waals surface area contributed by atoms with Crippen LogP contribution in [0.2, 0.25) is 0 Å². The van der Waals surface area contributed by atoms with Crippen molar-refractivity contribution in [3.8, 4) is 0 Å². The first-order valence-corrected chi connectivity index (χ1v) is 25.0. The number of nitrogens with zero attached hydrogens (tertiary/aromatic N) is 1. The van der Waals surface area contributed by atoms with Crippen molar-refractivity contribution in [2.45, 2.75) is 136 Å². The van der Waals surface area contributed by atoms with E-state index >= 15 is 0 Å². The van der Waals surface area contributed by atoms with Gasteiger partial charge in [-0.25, -0.2) is 0 Å². The van der Waals surface area contributed by atoms with E-state index in [9.17, 15) is 19.0 Å². The number of hydrogen-bond acceptors (Lipinski definition) is 8. The average molecular weight is 906 g/mol. The summed E-state index contributed by atoms with van der Waals surface area (Å²) in [7, 11) is 1.07. The minimum atomic E-state index is -4.67. The summed E-state index contributed by atoms with van der Waals surface area (Å²) in [6.45, 7) is 3.80. The SMILES string of the molecule is CC/C=C\C/C=C\C/C=C\C/C=C\C/C=C\C/C=C\C/C=C\CCCCCC(=O)OC(COC(=O)C/C=C\C/C=C\C/C=C\C/C=C\C/C=C\CC)COP(=O)([O-])OCC[N+](C)(C)C. The van der Waals surface area contributed by atoms with Crippen LogP contribution in [0, 0.1) is 0 Å². The van der Waals surface area contributed by atoms with Gasteiger partial charge in [0.15, 0.2) is 6.10 Å². The molecule has 0 bridgehead atoms. The van der Waals surface area contributed by atoms with Crippen molar-refractivity contribution in [3.63, 3.8) is 0 Å². The Bertz CT molecular complexity index is 1590. The van der Waals surface area contributed by atoms with Gasteiger partial charge in [0.25, 0.3) is 7.82 Å². The van der Waals surface area contributed by atoms with E-state index in [1.165, 1.54) is 0 Å². The van der Waals surface area contributed by atoms with E-state index in [1.807, 2.05) is 33.3 Å². The molecule has 2 atom stereocenters. The molecule has 0 aliphatic carbocycles. The number of carbonyl (C=O) groups excluding carboxylic acids is 2. The zero-order valence-corrected chi connectivity index (χ0v) is 41.0. The van der Waals surface area contributed by atoms with Gasteiger partial charge in [-0.15, -0.1) is 0 Å². The highest BCUT2D eigenvalue weighted by molar-refractivity contribution is 7.45. The van der Waals surface area contributed by atoms with Gasteiger partial charge in [-0.05, 0) is 96.3 Å². The zero-order valence-electron chi connectivity index (χ0n) is 40.2. The summed E-state index contributed by atoms with van der Waals surface area (Å²) in [5, 5.41) is 0. The van der Waals surface area contributed by atoms with E-state index in [2.05, 4.69) is 141 Å². The second kappa shape index (κ2) is 44.1. The summed E-state index contributed by atoms with van der Waals surface area (Å²) in [6.07, 6.45) is 64.8. The number of allylic oxidation sites excluding steroid dienone is 23. The van der Waals surface area contributed by atoms with Crippen molar-refractivity contribution in [1.29, 1.82) is 0 Å². The quantitative estimate of drug-likeness (QED) is 0.0196. The van der Waals surface area contributed by atoms with Gasteiger partial charge >= 0.3 is 11.9 Å². The van der Waals surface area contributed by atoms with Crippen LogP contribution >= 0.6 is 7.82 Å². The Kier molecular flexibility index (Phi) is 41.3. The van der Waals surface area contributed by atoms with E-state index in [-0.39, 0.29) is 26.1 Å². The number of ether oxygens (including phenoxy) is 2. The predicted octanol–water partition coefficient (Wildman–Crippen LogP) is 13.4. The molecule has 0 aromatic heterocycles. The van der Waals surface area contributed by atoms with Crippen LogP contribution in [-0.4, -0.2) is 70.0 Å². The number of rotatable bonds is 40. The first kappa shape index (κ1) is 59.9. The van der Waals surface area contributed by atoms with Gasteiger partial charge in [-0.2, -0.15) is 0 Å². The lowest BCUT2D eigenvalue weighted by Crippen LogP contribution is -2.37. The van der Waals surface area contributed by atoms with Crippen LogP contribution in [0.5, 0.6) is 0 Å². The molecule has 0 N–H and O–H groups in total. The van der Waals surface area contributed by atoms with E-state index in [0.717, 1.165) is 89.9 Å². The molecule has 0 aromatic carbocycles. The van der Waals surface area contributed by atoms with Crippen LogP contribution in [-0.2, 0) is 32.7 Å². The Morgan fingerprint density at radius 1 is 0.500 bits per heavy atom. The van der Waals surface area contributed by atoms with Crippen molar-refractivity contribution >= 4 is 19.8 Å². The topological polar surface area (TPSA) is 111 Å². The van der Waals surface area contributed by atoms with E-state index < -0.39 is 32.5 Å². The van der Waals surface area contributed by atoms with Crippen LogP contribution in [0.1, 0.15) is 129 Å². The van der Waals surface area contributed by atoms with E-state index in [1.54, 1.807) is 6.08 Å². The number of unbranched alkanes of at least 4 members (excludes halogenated alkanes) is 3. The predicted molar refractivity (Wildman–Crippen MR) is 267 cm³/mol. The summed E-state index contributed by atoms with van der Waals surface area (Å²) in [5.74, 6) is -1.04. The van der Waals surface area contributed by atoms with Gasteiger partial charge < -0.3 is 27.9 Å². The maximum atomic E-state index is 12.7. The van der Waals surface area contributed by atoms with Gasteiger partial charge in [0.2, 0.25) is 0 Å². The molecule has 2 unspecified atom stereocenters. The maximum Gasteiger partial charge on any atom is 0.309 e. The highest BCUT2D eigenvalue weighted by atomic mass is 31.2. The van der Waals surface area contributed by atoms with Crippen LogP contribution in [0.15, 0.2) is 146 Å². The normalized spacial score (nSPS) is 14.8. The smallest absolute Gasteiger partial charge is 0.309 e. The molecule has 0 aromatic rings. The van der Waals surface area contributed by atoms with Crippen LogP contribution in [0.4, 0.5) is 0 Å². The van der Waals surface area contributed by atoms with Gasteiger partial charge in [0.1, 0.15) is 19.8 Å². The van der Waals surface area contributed by atoms with Gasteiger partial charge in [-0.1, -0.05) is 166 Å². The van der Waals surface area contributed by atoms with Gasteiger partial charge in [0, 0.05) is 6.42 Å².